The van der Waals surface area contributed by atoms with Crippen molar-refractivity contribution in [3.05, 3.63) is 76.3 Å². The van der Waals surface area contributed by atoms with Crippen molar-refractivity contribution in [2.75, 3.05) is 37.6 Å². The smallest absolute Gasteiger partial charge is 0.338 e. The molecule has 2 aromatic heterocycles. The first-order chi connectivity index (χ1) is 15.2. The molecule has 0 unspecified atom stereocenters. The molecule has 31 heavy (non-hydrogen) atoms. The summed E-state index contributed by atoms with van der Waals surface area (Å²) in [4.78, 5) is 20.3. The maximum Gasteiger partial charge on any atom is 0.338 e. The summed E-state index contributed by atoms with van der Waals surface area (Å²) < 4.78 is 5.42. The number of aromatic nitrogens is 1. The number of H-pyrrole nitrogens is 1. The molecule has 5 nitrogen and oxygen atoms in total. The summed E-state index contributed by atoms with van der Waals surface area (Å²) in [6.45, 7) is 7.08. The average molecular weight is 416 g/mol. The Morgan fingerprint density at radius 3 is 2.68 bits per heavy atom. The lowest BCUT2D eigenvalue weighted by molar-refractivity contribution is 0.253. The zero-order valence-corrected chi connectivity index (χ0v) is 18.1. The molecule has 1 aliphatic heterocycles. The molecule has 2 aromatic carbocycles. The topological polar surface area (TPSA) is 52.5 Å². The number of aryl methyl sites for hydroxylation is 2. The molecule has 0 radical (unpaired) electrons. The summed E-state index contributed by atoms with van der Waals surface area (Å²) in [5.74, 6) is 0. The standard InChI is InChI=1S/C26H29N3O2/c1-19-9-10-22-24(17-26(30)31-25(22)16-19)29-14-12-28(13-15-29)11-5-4-6-20-18-27-23-8-3-2-7-21(20)23/h2-3,7-10,16-18,27H,4-6,11-15H2,1H3. The van der Waals surface area contributed by atoms with Crippen molar-refractivity contribution in [3.8, 4) is 0 Å². The SMILES string of the molecule is Cc1ccc2c(N3CCN(CCCCc4c[nH]c5ccccc45)CC3)cc(=O)oc2c1. The minimum Gasteiger partial charge on any atom is -0.423 e. The van der Waals surface area contributed by atoms with Crippen molar-refractivity contribution in [2.45, 2.75) is 26.2 Å². The summed E-state index contributed by atoms with van der Waals surface area (Å²) in [5.41, 5.74) is 5.17. The molecule has 5 rings (SSSR count). The number of nitrogens with zero attached hydrogens (tertiary/aromatic N) is 2. The first-order valence-corrected chi connectivity index (χ1v) is 11.2. The lowest BCUT2D eigenvalue weighted by Gasteiger charge is -2.36. The van der Waals surface area contributed by atoms with Crippen LogP contribution in [0.1, 0.15) is 24.0 Å². The number of para-hydroxylation sites is 1. The van der Waals surface area contributed by atoms with Crippen molar-refractivity contribution < 1.29 is 4.42 Å². The first-order valence-electron chi connectivity index (χ1n) is 11.2. The highest BCUT2D eigenvalue weighted by molar-refractivity contribution is 5.90. The lowest BCUT2D eigenvalue weighted by atomic mass is 10.1. The van der Waals surface area contributed by atoms with Crippen LogP contribution in [0.2, 0.25) is 0 Å². The Balaban J connectivity index is 1.15. The molecule has 5 heteroatoms. The van der Waals surface area contributed by atoms with Crippen LogP contribution in [-0.4, -0.2) is 42.6 Å². The molecule has 0 aliphatic carbocycles. The van der Waals surface area contributed by atoms with Gasteiger partial charge in [-0.1, -0.05) is 24.3 Å². The van der Waals surface area contributed by atoms with Gasteiger partial charge in [-0.25, -0.2) is 4.79 Å². The van der Waals surface area contributed by atoms with Crippen LogP contribution in [0.4, 0.5) is 5.69 Å². The van der Waals surface area contributed by atoms with Crippen molar-refractivity contribution in [2.24, 2.45) is 0 Å². The zero-order valence-electron chi connectivity index (χ0n) is 18.1. The number of hydrogen-bond donors (Lipinski definition) is 1. The van der Waals surface area contributed by atoms with E-state index < -0.39 is 0 Å². The first kappa shape index (κ1) is 19.9. The quantitative estimate of drug-likeness (QED) is 0.365. The lowest BCUT2D eigenvalue weighted by Crippen LogP contribution is -2.46. The highest BCUT2D eigenvalue weighted by Crippen LogP contribution is 2.27. The third kappa shape index (κ3) is 4.23. The van der Waals surface area contributed by atoms with Gasteiger partial charge in [-0.15, -0.1) is 0 Å². The van der Waals surface area contributed by atoms with Gasteiger partial charge in [-0.2, -0.15) is 0 Å². The average Bonchev–Trinajstić information content (AvgIpc) is 3.19. The maximum atomic E-state index is 12.1. The fraction of sp³-hybridized carbons (Fsp3) is 0.346. The van der Waals surface area contributed by atoms with E-state index in [9.17, 15) is 4.79 Å². The number of hydrogen-bond acceptors (Lipinski definition) is 4. The van der Waals surface area contributed by atoms with Crippen molar-refractivity contribution in [1.29, 1.82) is 0 Å². The second kappa shape index (κ2) is 8.60. The van der Waals surface area contributed by atoms with Crippen LogP contribution in [0.3, 0.4) is 0 Å². The minimum absolute atomic E-state index is 0.271. The minimum atomic E-state index is -0.271. The highest BCUT2D eigenvalue weighted by Gasteiger charge is 2.19. The van der Waals surface area contributed by atoms with Gasteiger partial charge in [-0.05, 0) is 62.1 Å². The molecular formula is C26H29N3O2. The number of anilines is 1. The van der Waals surface area contributed by atoms with Crippen LogP contribution < -0.4 is 10.5 Å². The molecule has 1 aliphatic rings. The van der Waals surface area contributed by atoms with Crippen LogP contribution in [0.25, 0.3) is 21.9 Å². The molecule has 0 amide bonds. The van der Waals surface area contributed by atoms with E-state index in [1.165, 1.54) is 29.3 Å². The molecule has 0 atom stereocenters. The van der Waals surface area contributed by atoms with E-state index in [-0.39, 0.29) is 5.63 Å². The van der Waals surface area contributed by atoms with Gasteiger partial charge in [0.05, 0.1) is 5.69 Å². The summed E-state index contributed by atoms with van der Waals surface area (Å²) in [6, 6.07) is 16.3. The van der Waals surface area contributed by atoms with Crippen LogP contribution in [0.5, 0.6) is 0 Å². The molecule has 0 spiro atoms. The van der Waals surface area contributed by atoms with E-state index in [1.807, 2.05) is 13.0 Å². The molecule has 4 aromatic rings. The van der Waals surface area contributed by atoms with Gasteiger partial charge in [0.1, 0.15) is 5.58 Å². The number of benzene rings is 2. The Kier molecular flexibility index (Phi) is 5.51. The van der Waals surface area contributed by atoms with Crippen LogP contribution in [0.15, 0.2) is 63.9 Å². The Hall–Kier alpha value is -3.05. The van der Waals surface area contributed by atoms with Crippen molar-refractivity contribution >= 4 is 27.6 Å². The Labute approximate surface area is 182 Å². The highest BCUT2D eigenvalue weighted by atomic mass is 16.4. The summed E-state index contributed by atoms with van der Waals surface area (Å²) in [5, 5.41) is 2.38. The zero-order chi connectivity index (χ0) is 21.2. The number of nitrogens with one attached hydrogen (secondary N) is 1. The fourth-order valence-electron chi connectivity index (χ4n) is 4.72. The molecule has 1 saturated heterocycles. The van der Waals surface area contributed by atoms with Crippen molar-refractivity contribution in [1.82, 2.24) is 9.88 Å². The van der Waals surface area contributed by atoms with E-state index in [1.54, 1.807) is 6.07 Å². The molecule has 160 valence electrons. The number of aromatic amines is 1. The number of fused-ring (bicyclic) bond motifs is 2. The maximum absolute atomic E-state index is 12.1. The second-order valence-electron chi connectivity index (χ2n) is 8.60. The van der Waals surface area contributed by atoms with E-state index in [2.05, 4.69) is 57.4 Å². The van der Waals surface area contributed by atoms with Gasteiger partial charge in [0.25, 0.3) is 0 Å². The molecular weight excluding hydrogens is 386 g/mol. The molecule has 1 fully saturated rings. The van der Waals surface area contributed by atoms with Crippen LogP contribution in [-0.2, 0) is 6.42 Å². The molecule has 1 N–H and O–H groups in total. The molecule has 0 saturated carbocycles. The van der Waals surface area contributed by atoms with E-state index in [0.717, 1.165) is 55.8 Å². The number of piperazine rings is 1. The summed E-state index contributed by atoms with van der Waals surface area (Å²) in [7, 11) is 0. The van der Waals surface area contributed by atoms with Crippen LogP contribution in [0, 0.1) is 6.92 Å². The summed E-state index contributed by atoms with van der Waals surface area (Å²) in [6.07, 6.45) is 5.68. The third-order valence-corrected chi connectivity index (χ3v) is 6.44. The van der Waals surface area contributed by atoms with Gasteiger partial charge in [0, 0.05) is 54.7 Å². The fourth-order valence-corrected chi connectivity index (χ4v) is 4.72. The normalized spacial score (nSPS) is 15.2. The Morgan fingerprint density at radius 2 is 1.81 bits per heavy atom. The van der Waals surface area contributed by atoms with E-state index >= 15 is 0 Å². The van der Waals surface area contributed by atoms with Gasteiger partial charge >= 0.3 is 5.63 Å². The van der Waals surface area contributed by atoms with E-state index in [0.29, 0.717) is 5.58 Å². The largest absolute Gasteiger partial charge is 0.423 e. The second-order valence-corrected chi connectivity index (χ2v) is 8.60. The number of rotatable bonds is 6. The van der Waals surface area contributed by atoms with E-state index in [4.69, 9.17) is 4.42 Å². The van der Waals surface area contributed by atoms with Crippen LogP contribution >= 0.6 is 0 Å². The van der Waals surface area contributed by atoms with Gasteiger partial charge in [0.2, 0.25) is 0 Å². The third-order valence-electron chi connectivity index (χ3n) is 6.44. The van der Waals surface area contributed by atoms with Gasteiger partial charge < -0.3 is 14.3 Å². The Morgan fingerprint density at radius 1 is 0.968 bits per heavy atom. The predicted octanol–water partition coefficient (Wildman–Crippen LogP) is 4.73. The summed E-state index contributed by atoms with van der Waals surface area (Å²) >= 11 is 0. The van der Waals surface area contributed by atoms with Crippen molar-refractivity contribution in [3.63, 3.8) is 0 Å². The van der Waals surface area contributed by atoms with Gasteiger partial charge in [-0.3, -0.25) is 4.90 Å². The Bertz CT molecular complexity index is 1250. The van der Waals surface area contributed by atoms with Gasteiger partial charge in [0.15, 0.2) is 0 Å². The molecule has 0 bridgehead atoms. The molecule has 3 heterocycles. The monoisotopic (exact) mass is 415 g/mol. The predicted molar refractivity (Wildman–Crippen MR) is 127 cm³/mol. The number of unbranched alkanes of at least 4 members (excludes halogenated alkanes) is 1.